The molecule has 0 spiro atoms. The molecule has 1 aliphatic heterocycles. The highest BCUT2D eigenvalue weighted by Crippen LogP contribution is 2.26. The number of thioether (sulfide) groups is 1. The summed E-state index contributed by atoms with van der Waals surface area (Å²) in [6, 6.07) is 20.1. The van der Waals surface area contributed by atoms with E-state index in [1.54, 1.807) is 30.3 Å². The Balaban J connectivity index is 1.45. The number of hydrogen-bond acceptors (Lipinski definition) is 6. The fraction of sp³-hybridized carbons (Fsp3) is 0.167. The lowest BCUT2D eigenvalue weighted by molar-refractivity contribution is -0.119. The predicted molar refractivity (Wildman–Crippen MR) is 131 cm³/mol. The number of anilines is 1. The monoisotopic (exact) mass is 499 g/mol. The van der Waals surface area contributed by atoms with E-state index in [9.17, 15) is 17.6 Å². The first-order chi connectivity index (χ1) is 16.4. The first kappa shape index (κ1) is 23.8. The lowest BCUT2D eigenvalue weighted by atomic mass is 10.2. The van der Waals surface area contributed by atoms with Crippen molar-refractivity contribution in [2.45, 2.75) is 11.0 Å². The number of halogens is 1. The Morgan fingerprint density at radius 1 is 1.06 bits per heavy atom. The molecule has 0 atom stereocenters. The van der Waals surface area contributed by atoms with E-state index in [0.29, 0.717) is 0 Å². The van der Waals surface area contributed by atoms with Crippen LogP contribution >= 0.6 is 11.8 Å². The minimum Gasteiger partial charge on any atom is -0.489 e. The SMILES string of the molecule is O=C(CN(c1ccccc1F)S(=O)(=O)c1ccccc1)NN=Cc1ccc(OC2CSC2)cc1. The molecule has 1 aliphatic rings. The summed E-state index contributed by atoms with van der Waals surface area (Å²) in [5, 5.41) is 3.90. The fourth-order valence-electron chi connectivity index (χ4n) is 3.12. The first-order valence-electron chi connectivity index (χ1n) is 10.4. The molecule has 0 aromatic heterocycles. The number of hydrazone groups is 1. The number of carbonyl (C=O) groups is 1. The van der Waals surface area contributed by atoms with Crippen molar-refractivity contribution in [3.05, 3.63) is 90.2 Å². The van der Waals surface area contributed by atoms with Crippen molar-refractivity contribution in [1.82, 2.24) is 5.43 Å². The molecule has 0 unspecified atom stereocenters. The maximum Gasteiger partial charge on any atom is 0.264 e. The zero-order valence-corrected chi connectivity index (χ0v) is 19.6. The molecule has 3 aromatic carbocycles. The Hall–Kier alpha value is -3.37. The van der Waals surface area contributed by atoms with Crippen LogP contribution in [-0.2, 0) is 14.8 Å². The molecule has 34 heavy (non-hydrogen) atoms. The maximum atomic E-state index is 14.5. The van der Waals surface area contributed by atoms with E-state index in [4.69, 9.17) is 4.74 Å². The molecule has 0 bridgehead atoms. The van der Waals surface area contributed by atoms with Crippen LogP contribution in [0.25, 0.3) is 0 Å². The van der Waals surface area contributed by atoms with Gasteiger partial charge in [-0.3, -0.25) is 9.10 Å². The minimum absolute atomic E-state index is 0.0580. The van der Waals surface area contributed by atoms with Crippen LogP contribution in [-0.4, -0.2) is 44.7 Å². The predicted octanol–water partition coefficient (Wildman–Crippen LogP) is 3.67. The van der Waals surface area contributed by atoms with E-state index in [2.05, 4.69) is 10.5 Å². The average Bonchev–Trinajstić information content (AvgIpc) is 2.82. The first-order valence-corrected chi connectivity index (χ1v) is 13.0. The number of sulfonamides is 1. The molecule has 1 heterocycles. The smallest absolute Gasteiger partial charge is 0.264 e. The van der Waals surface area contributed by atoms with Crippen LogP contribution in [0.4, 0.5) is 10.1 Å². The van der Waals surface area contributed by atoms with Gasteiger partial charge < -0.3 is 4.74 Å². The molecule has 1 amide bonds. The van der Waals surface area contributed by atoms with Crippen LogP contribution in [0.1, 0.15) is 5.56 Å². The van der Waals surface area contributed by atoms with Gasteiger partial charge in [0.25, 0.3) is 15.9 Å². The van der Waals surface area contributed by atoms with Gasteiger partial charge in [0.2, 0.25) is 0 Å². The van der Waals surface area contributed by atoms with Gasteiger partial charge in [0.15, 0.2) is 0 Å². The van der Waals surface area contributed by atoms with Gasteiger partial charge in [0.1, 0.15) is 24.2 Å². The van der Waals surface area contributed by atoms with Gasteiger partial charge in [-0.25, -0.2) is 18.2 Å². The Bertz CT molecular complexity index is 1260. The second-order valence-corrected chi connectivity index (χ2v) is 10.4. The summed E-state index contributed by atoms with van der Waals surface area (Å²) < 4.78 is 47.3. The van der Waals surface area contributed by atoms with Gasteiger partial charge in [-0.2, -0.15) is 16.9 Å². The highest BCUT2D eigenvalue weighted by Gasteiger charge is 2.29. The second kappa shape index (κ2) is 10.7. The average molecular weight is 500 g/mol. The molecular formula is C24H22FN3O4S2. The van der Waals surface area contributed by atoms with Crippen molar-refractivity contribution < 1.29 is 22.3 Å². The number of ether oxygens (including phenoxy) is 1. The Morgan fingerprint density at radius 3 is 2.38 bits per heavy atom. The van der Waals surface area contributed by atoms with Gasteiger partial charge >= 0.3 is 0 Å². The molecular weight excluding hydrogens is 477 g/mol. The van der Waals surface area contributed by atoms with E-state index in [1.165, 1.54) is 36.5 Å². The minimum atomic E-state index is -4.20. The van der Waals surface area contributed by atoms with E-state index < -0.39 is 28.3 Å². The molecule has 0 radical (unpaired) electrons. The number of nitrogens with one attached hydrogen (secondary N) is 1. The molecule has 1 N–H and O–H groups in total. The Kier molecular flexibility index (Phi) is 7.49. The van der Waals surface area contributed by atoms with Gasteiger partial charge in [0.05, 0.1) is 16.8 Å². The summed E-state index contributed by atoms with van der Waals surface area (Å²) in [5.74, 6) is 1.25. The zero-order chi connectivity index (χ0) is 24.0. The highest BCUT2D eigenvalue weighted by molar-refractivity contribution is 8.00. The second-order valence-electron chi connectivity index (χ2n) is 7.42. The summed E-state index contributed by atoms with van der Waals surface area (Å²) in [5.41, 5.74) is 2.80. The molecule has 3 aromatic rings. The zero-order valence-electron chi connectivity index (χ0n) is 18.0. The van der Waals surface area contributed by atoms with E-state index in [0.717, 1.165) is 33.2 Å². The number of rotatable bonds is 9. The van der Waals surface area contributed by atoms with Crippen molar-refractivity contribution in [1.29, 1.82) is 0 Å². The summed E-state index contributed by atoms with van der Waals surface area (Å²) in [7, 11) is -4.20. The van der Waals surface area contributed by atoms with Crippen molar-refractivity contribution >= 4 is 39.6 Å². The molecule has 0 aliphatic carbocycles. The number of benzene rings is 3. The topological polar surface area (TPSA) is 88.1 Å². The van der Waals surface area contributed by atoms with Crippen LogP contribution in [0, 0.1) is 5.82 Å². The van der Waals surface area contributed by atoms with E-state index >= 15 is 0 Å². The highest BCUT2D eigenvalue weighted by atomic mass is 32.2. The van der Waals surface area contributed by atoms with Crippen LogP contribution in [0.2, 0.25) is 0 Å². The normalized spacial score (nSPS) is 13.9. The Labute approximate surface area is 201 Å². The number of nitrogens with zero attached hydrogens (tertiary/aromatic N) is 2. The van der Waals surface area contributed by atoms with Gasteiger partial charge in [-0.1, -0.05) is 30.3 Å². The van der Waals surface area contributed by atoms with Crippen LogP contribution in [0.3, 0.4) is 0 Å². The van der Waals surface area contributed by atoms with Gasteiger partial charge in [-0.15, -0.1) is 0 Å². The lowest BCUT2D eigenvalue weighted by Crippen LogP contribution is -2.40. The number of para-hydroxylation sites is 1. The lowest BCUT2D eigenvalue weighted by Gasteiger charge is -2.25. The van der Waals surface area contributed by atoms with Gasteiger partial charge in [-0.05, 0) is 54.1 Å². The summed E-state index contributed by atoms with van der Waals surface area (Å²) >= 11 is 1.84. The van der Waals surface area contributed by atoms with Gasteiger partial charge in [0, 0.05) is 11.5 Å². The Morgan fingerprint density at radius 2 is 1.74 bits per heavy atom. The number of amides is 1. The summed E-state index contributed by atoms with van der Waals surface area (Å²) in [6.45, 7) is -0.651. The molecule has 7 nitrogen and oxygen atoms in total. The molecule has 0 saturated carbocycles. The maximum absolute atomic E-state index is 14.5. The van der Waals surface area contributed by atoms with Crippen LogP contribution in [0.5, 0.6) is 5.75 Å². The third-order valence-corrected chi connectivity index (χ3v) is 7.92. The third-order valence-electron chi connectivity index (χ3n) is 4.93. The van der Waals surface area contributed by atoms with Crippen LogP contribution in [0.15, 0.2) is 88.9 Å². The van der Waals surface area contributed by atoms with Crippen molar-refractivity contribution in [3.63, 3.8) is 0 Å². The van der Waals surface area contributed by atoms with Crippen molar-refractivity contribution in [3.8, 4) is 5.75 Å². The van der Waals surface area contributed by atoms with Crippen molar-refractivity contribution in [2.24, 2.45) is 5.10 Å². The third kappa shape index (κ3) is 5.75. The summed E-state index contributed by atoms with van der Waals surface area (Å²) in [4.78, 5) is 12.5. The summed E-state index contributed by atoms with van der Waals surface area (Å²) in [6.07, 6.45) is 1.67. The molecule has 1 saturated heterocycles. The van der Waals surface area contributed by atoms with E-state index in [-0.39, 0.29) is 16.7 Å². The molecule has 10 heteroatoms. The van der Waals surface area contributed by atoms with Crippen molar-refractivity contribution in [2.75, 3.05) is 22.4 Å². The number of hydrogen-bond donors (Lipinski definition) is 1. The van der Waals surface area contributed by atoms with Crippen LogP contribution < -0.4 is 14.5 Å². The fourth-order valence-corrected chi connectivity index (χ4v) is 5.14. The molecule has 1 fully saturated rings. The van der Waals surface area contributed by atoms with E-state index in [1.807, 2.05) is 23.9 Å². The number of carbonyl (C=O) groups excluding carboxylic acids is 1. The largest absolute Gasteiger partial charge is 0.489 e. The quantitative estimate of drug-likeness (QED) is 0.359. The molecule has 4 rings (SSSR count). The molecule has 176 valence electrons. The standard InChI is InChI=1S/C24H22FN3O4S2/c25-22-8-4-5-9-23(22)28(34(30,31)21-6-2-1-3-7-21)15-24(29)27-26-14-18-10-12-19(13-11-18)32-20-16-33-17-20/h1-14,20H,15-17H2,(H,27,29).